The van der Waals surface area contributed by atoms with E-state index >= 15 is 0 Å². The highest BCUT2D eigenvalue weighted by Crippen LogP contribution is 2.37. The van der Waals surface area contributed by atoms with Gasteiger partial charge in [-0.25, -0.2) is 0 Å². The Hall–Kier alpha value is -3.92. The Bertz CT molecular complexity index is 1140. The zero-order valence-electron chi connectivity index (χ0n) is 17.7. The summed E-state index contributed by atoms with van der Waals surface area (Å²) >= 11 is 0. The first-order valence-corrected chi connectivity index (χ1v) is 10.8. The van der Waals surface area contributed by atoms with Crippen molar-refractivity contribution >= 4 is 5.69 Å². The smallest absolute Gasteiger partial charge is 0.146 e. The first-order chi connectivity index (χ1) is 15.8. The quantitative estimate of drug-likeness (QED) is 0.374. The van der Waals surface area contributed by atoms with Crippen LogP contribution in [0.5, 0.6) is 17.2 Å². The minimum atomic E-state index is 0.0850. The molecule has 1 N–H and O–H groups in total. The molecule has 32 heavy (non-hydrogen) atoms. The van der Waals surface area contributed by atoms with Crippen molar-refractivity contribution in [3.63, 3.8) is 0 Å². The molecule has 1 unspecified atom stereocenters. The average Bonchev–Trinajstić information content (AvgIpc) is 2.87. The molecule has 4 heteroatoms. The fourth-order valence-corrected chi connectivity index (χ4v) is 3.69. The number of ether oxygens (including phenoxy) is 3. The van der Waals surface area contributed by atoms with Crippen LogP contribution in [0.1, 0.15) is 22.7 Å². The predicted molar refractivity (Wildman–Crippen MR) is 126 cm³/mol. The molecule has 0 aliphatic carbocycles. The molecule has 4 aromatic carbocycles. The van der Waals surface area contributed by atoms with Crippen LogP contribution in [0.2, 0.25) is 0 Å². The van der Waals surface area contributed by atoms with Gasteiger partial charge in [-0.05, 0) is 41.0 Å². The largest absolute Gasteiger partial charge is 0.489 e. The highest BCUT2D eigenvalue weighted by Gasteiger charge is 2.21. The Morgan fingerprint density at radius 1 is 0.688 bits per heavy atom. The van der Waals surface area contributed by atoms with Crippen LogP contribution in [-0.2, 0) is 13.2 Å². The maximum Gasteiger partial charge on any atom is 0.146 e. The lowest BCUT2D eigenvalue weighted by molar-refractivity contribution is 0.277. The van der Waals surface area contributed by atoms with Crippen molar-refractivity contribution in [2.24, 2.45) is 0 Å². The summed E-state index contributed by atoms with van der Waals surface area (Å²) in [5, 5.41) is 3.57. The topological polar surface area (TPSA) is 39.7 Å². The van der Waals surface area contributed by atoms with E-state index in [1.54, 1.807) is 0 Å². The molecule has 0 amide bonds. The zero-order chi connectivity index (χ0) is 21.6. The predicted octanol–water partition coefficient (Wildman–Crippen LogP) is 6.39. The van der Waals surface area contributed by atoms with Gasteiger partial charge in [0.05, 0.1) is 11.7 Å². The fraction of sp³-hybridized carbons (Fsp3) is 0.143. The number of fused-ring (bicyclic) bond motifs is 1. The average molecular weight is 424 g/mol. The van der Waals surface area contributed by atoms with E-state index in [1.807, 2.05) is 66.7 Å². The van der Waals surface area contributed by atoms with Gasteiger partial charge in [-0.15, -0.1) is 0 Å². The van der Waals surface area contributed by atoms with Gasteiger partial charge in [0.15, 0.2) is 0 Å². The molecule has 0 bridgehead atoms. The van der Waals surface area contributed by atoms with E-state index in [0.29, 0.717) is 19.8 Å². The second kappa shape index (κ2) is 9.48. The number of benzene rings is 4. The van der Waals surface area contributed by atoms with Crippen LogP contribution < -0.4 is 19.5 Å². The van der Waals surface area contributed by atoms with Gasteiger partial charge in [-0.3, -0.25) is 0 Å². The summed E-state index contributed by atoms with van der Waals surface area (Å²) in [7, 11) is 0. The summed E-state index contributed by atoms with van der Waals surface area (Å²) in [5.41, 5.74) is 4.42. The van der Waals surface area contributed by atoms with Crippen LogP contribution in [0.25, 0.3) is 0 Å². The van der Waals surface area contributed by atoms with Crippen LogP contribution in [0, 0.1) is 0 Å². The second-order valence-corrected chi connectivity index (χ2v) is 7.78. The molecular formula is C28H25NO3. The second-order valence-electron chi connectivity index (χ2n) is 7.78. The number of nitrogens with one attached hydrogen (secondary N) is 1. The first kappa shape index (κ1) is 20.0. The summed E-state index contributed by atoms with van der Waals surface area (Å²) in [4.78, 5) is 0. The Labute approximate surface area is 188 Å². The molecule has 0 fully saturated rings. The van der Waals surface area contributed by atoms with E-state index < -0.39 is 0 Å². The van der Waals surface area contributed by atoms with Gasteiger partial charge in [-0.2, -0.15) is 0 Å². The number of anilines is 1. The summed E-state index contributed by atoms with van der Waals surface area (Å²) in [6, 6.07) is 34.5. The van der Waals surface area contributed by atoms with Crippen molar-refractivity contribution in [2.75, 3.05) is 11.9 Å². The van der Waals surface area contributed by atoms with Gasteiger partial charge in [0.1, 0.15) is 37.1 Å². The Balaban J connectivity index is 1.18. The molecule has 0 saturated carbocycles. The zero-order valence-corrected chi connectivity index (χ0v) is 17.7. The van der Waals surface area contributed by atoms with Crippen molar-refractivity contribution in [1.82, 2.24) is 0 Å². The third-order valence-corrected chi connectivity index (χ3v) is 5.47. The maximum absolute atomic E-state index is 6.05. The molecule has 1 aliphatic rings. The molecule has 0 saturated heterocycles. The number of hydrogen-bond acceptors (Lipinski definition) is 4. The Morgan fingerprint density at radius 2 is 1.28 bits per heavy atom. The third-order valence-electron chi connectivity index (χ3n) is 5.47. The van der Waals surface area contributed by atoms with E-state index in [1.165, 1.54) is 0 Å². The van der Waals surface area contributed by atoms with Crippen LogP contribution in [-0.4, -0.2) is 6.61 Å². The van der Waals surface area contributed by atoms with E-state index in [4.69, 9.17) is 14.2 Å². The molecule has 0 radical (unpaired) electrons. The number of hydrogen-bond donors (Lipinski definition) is 1. The molecule has 1 heterocycles. The summed E-state index contributed by atoms with van der Waals surface area (Å²) in [6.07, 6.45) is 0. The number of rotatable bonds is 7. The maximum atomic E-state index is 6.05. The van der Waals surface area contributed by atoms with Crippen molar-refractivity contribution in [3.8, 4) is 17.2 Å². The van der Waals surface area contributed by atoms with Crippen molar-refractivity contribution in [2.45, 2.75) is 19.3 Å². The van der Waals surface area contributed by atoms with Gasteiger partial charge < -0.3 is 19.5 Å². The molecule has 4 nitrogen and oxygen atoms in total. The van der Waals surface area contributed by atoms with Crippen molar-refractivity contribution in [1.29, 1.82) is 0 Å². The lowest BCUT2D eigenvalue weighted by atomic mass is 10.1. The molecule has 1 atom stereocenters. The van der Waals surface area contributed by atoms with Gasteiger partial charge in [-0.1, -0.05) is 72.8 Å². The molecular weight excluding hydrogens is 398 g/mol. The summed E-state index contributed by atoms with van der Waals surface area (Å²) in [5.74, 6) is 2.47. The molecule has 1 aliphatic heterocycles. The van der Waals surface area contributed by atoms with Crippen molar-refractivity contribution in [3.05, 3.63) is 120 Å². The van der Waals surface area contributed by atoms with Gasteiger partial charge in [0.2, 0.25) is 0 Å². The molecule has 0 spiro atoms. The lowest BCUT2D eigenvalue weighted by Crippen LogP contribution is -2.23. The highest BCUT2D eigenvalue weighted by atomic mass is 16.5. The van der Waals surface area contributed by atoms with Gasteiger partial charge in [0.25, 0.3) is 0 Å². The monoisotopic (exact) mass is 423 g/mol. The first-order valence-electron chi connectivity index (χ1n) is 10.8. The standard InChI is InChI=1S/C28H25NO3/c1-3-7-21(8-4-1)18-30-24-13-11-23(12-14-24)27-20-32-28-17-25(15-16-26(28)29-27)31-19-22-9-5-2-6-10-22/h1-17,27,29H,18-20H2. The van der Waals surface area contributed by atoms with Gasteiger partial charge in [0, 0.05) is 6.07 Å². The highest BCUT2D eigenvalue weighted by molar-refractivity contribution is 5.61. The van der Waals surface area contributed by atoms with E-state index in [9.17, 15) is 0 Å². The van der Waals surface area contributed by atoms with Crippen molar-refractivity contribution < 1.29 is 14.2 Å². The Kier molecular flexibility index (Phi) is 5.93. The molecule has 5 rings (SSSR count). The molecule has 0 aromatic heterocycles. The van der Waals surface area contributed by atoms with Crippen LogP contribution in [0.3, 0.4) is 0 Å². The minimum absolute atomic E-state index is 0.0850. The minimum Gasteiger partial charge on any atom is -0.489 e. The van der Waals surface area contributed by atoms with Crippen LogP contribution >= 0.6 is 0 Å². The normalized spacial score (nSPS) is 14.6. The lowest BCUT2D eigenvalue weighted by Gasteiger charge is -2.28. The van der Waals surface area contributed by atoms with E-state index in [-0.39, 0.29) is 6.04 Å². The Morgan fingerprint density at radius 3 is 1.94 bits per heavy atom. The van der Waals surface area contributed by atoms with Crippen LogP contribution in [0.4, 0.5) is 5.69 Å². The SMILES string of the molecule is c1ccc(COc2ccc(C3COc4cc(OCc5ccccc5)ccc4N3)cc2)cc1. The summed E-state index contributed by atoms with van der Waals surface area (Å²) in [6.45, 7) is 1.65. The van der Waals surface area contributed by atoms with E-state index in [2.05, 4.69) is 41.7 Å². The molecule has 160 valence electrons. The van der Waals surface area contributed by atoms with Crippen LogP contribution in [0.15, 0.2) is 103 Å². The third kappa shape index (κ3) is 4.86. The van der Waals surface area contributed by atoms with Gasteiger partial charge >= 0.3 is 0 Å². The van der Waals surface area contributed by atoms with E-state index in [0.717, 1.165) is 39.6 Å². The fourth-order valence-electron chi connectivity index (χ4n) is 3.69. The molecule has 4 aromatic rings. The summed E-state index contributed by atoms with van der Waals surface area (Å²) < 4.78 is 17.9.